The van der Waals surface area contributed by atoms with Crippen LogP contribution in [0.5, 0.6) is 0 Å². The second-order valence-corrected chi connectivity index (χ2v) is 4.99. The molecule has 23 heavy (non-hydrogen) atoms. The van der Waals surface area contributed by atoms with Gasteiger partial charge in [0, 0.05) is 5.39 Å². The number of carboxylic acids is 1. The van der Waals surface area contributed by atoms with E-state index in [1.807, 2.05) is 12.1 Å². The topological polar surface area (TPSA) is 93.5 Å². The van der Waals surface area contributed by atoms with Gasteiger partial charge in [0.1, 0.15) is 16.7 Å². The predicted molar refractivity (Wildman–Crippen MR) is 82.4 cm³/mol. The van der Waals surface area contributed by atoms with E-state index < -0.39 is 11.6 Å². The van der Waals surface area contributed by atoms with Gasteiger partial charge in [0.2, 0.25) is 5.89 Å². The summed E-state index contributed by atoms with van der Waals surface area (Å²) in [5, 5.41) is 9.75. The van der Waals surface area contributed by atoms with Gasteiger partial charge >= 0.3 is 11.6 Å². The van der Waals surface area contributed by atoms with Crippen molar-refractivity contribution >= 4 is 28.0 Å². The number of carboxylic acid groups (broad SMARTS) is 1. The monoisotopic (exact) mass is 307 g/mol. The zero-order valence-corrected chi connectivity index (χ0v) is 11.6. The lowest BCUT2D eigenvalue weighted by atomic mass is 10.2. The molecule has 0 aliphatic heterocycles. The maximum atomic E-state index is 12.1. The molecule has 0 spiro atoms. The summed E-state index contributed by atoms with van der Waals surface area (Å²) in [5.41, 5.74) is 0.965. The number of hydrogen-bond donors (Lipinski definition) is 1. The Hall–Kier alpha value is -3.41. The van der Waals surface area contributed by atoms with E-state index in [-0.39, 0.29) is 17.0 Å². The van der Waals surface area contributed by atoms with Crippen LogP contribution in [0.15, 0.2) is 62.2 Å². The molecule has 6 heteroatoms. The molecule has 1 N–H and O–H groups in total. The Morgan fingerprint density at radius 3 is 2.65 bits per heavy atom. The first-order valence-electron chi connectivity index (χ1n) is 6.79. The summed E-state index contributed by atoms with van der Waals surface area (Å²) in [7, 11) is 0. The Bertz CT molecular complexity index is 1120. The highest BCUT2D eigenvalue weighted by Gasteiger charge is 2.15. The van der Waals surface area contributed by atoms with Gasteiger partial charge in [-0.3, -0.25) is 0 Å². The first-order chi connectivity index (χ1) is 11.1. The van der Waals surface area contributed by atoms with E-state index in [0.29, 0.717) is 16.7 Å². The van der Waals surface area contributed by atoms with Gasteiger partial charge in [-0.2, -0.15) is 0 Å². The Morgan fingerprint density at radius 2 is 1.83 bits per heavy atom. The van der Waals surface area contributed by atoms with Crippen LogP contribution in [0, 0.1) is 0 Å². The van der Waals surface area contributed by atoms with Crippen molar-refractivity contribution < 1.29 is 18.7 Å². The summed E-state index contributed by atoms with van der Waals surface area (Å²) in [6.45, 7) is 0. The first-order valence-corrected chi connectivity index (χ1v) is 6.79. The Kier molecular flexibility index (Phi) is 2.77. The molecule has 0 amide bonds. The van der Waals surface area contributed by atoms with Crippen molar-refractivity contribution in [1.82, 2.24) is 4.98 Å². The lowest BCUT2D eigenvalue weighted by molar-refractivity contribution is 0.0697. The molecule has 0 saturated carbocycles. The standard InChI is InChI=1S/C17H9NO5/c19-16(20)10-5-6-12-14(8-10)22-15(18-12)11-7-9-3-1-2-4-13(9)23-17(11)21/h1-8H,(H,19,20). The Morgan fingerprint density at radius 1 is 1.00 bits per heavy atom. The lowest BCUT2D eigenvalue weighted by Gasteiger charge is -1.97. The minimum atomic E-state index is -1.06. The highest BCUT2D eigenvalue weighted by molar-refractivity contribution is 5.92. The number of nitrogens with zero attached hydrogens (tertiary/aromatic N) is 1. The van der Waals surface area contributed by atoms with Crippen molar-refractivity contribution in [3.05, 3.63) is 64.5 Å². The summed E-state index contributed by atoms with van der Waals surface area (Å²) in [6.07, 6.45) is 0. The summed E-state index contributed by atoms with van der Waals surface area (Å²) in [5.74, 6) is -0.961. The zero-order valence-electron chi connectivity index (χ0n) is 11.6. The number of oxazole rings is 1. The van der Waals surface area contributed by atoms with Gasteiger partial charge in [-0.25, -0.2) is 14.6 Å². The van der Waals surface area contributed by atoms with Crippen LogP contribution in [0.2, 0.25) is 0 Å². The molecular formula is C17H9NO5. The van der Waals surface area contributed by atoms with E-state index in [9.17, 15) is 9.59 Å². The number of aromatic nitrogens is 1. The molecule has 0 aliphatic rings. The number of rotatable bonds is 2. The van der Waals surface area contributed by atoms with Gasteiger partial charge < -0.3 is 13.9 Å². The van der Waals surface area contributed by atoms with Gasteiger partial charge in [-0.1, -0.05) is 18.2 Å². The number of carbonyl (C=O) groups is 1. The molecule has 0 saturated heterocycles. The molecule has 0 atom stereocenters. The fourth-order valence-corrected chi connectivity index (χ4v) is 2.38. The summed E-state index contributed by atoms with van der Waals surface area (Å²) in [6, 6.07) is 13.1. The number of para-hydroxylation sites is 1. The van der Waals surface area contributed by atoms with E-state index in [2.05, 4.69) is 4.98 Å². The fourth-order valence-electron chi connectivity index (χ4n) is 2.38. The third-order valence-corrected chi connectivity index (χ3v) is 3.51. The molecule has 0 aliphatic carbocycles. The second-order valence-electron chi connectivity index (χ2n) is 4.99. The number of hydrogen-bond acceptors (Lipinski definition) is 5. The molecule has 0 unspecified atom stereocenters. The minimum Gasteiger partial charge on any atom is -0.478 e. The van der Waals surface area contributed by atoms with E-state index in [1.165, 1.54) is 18.2 Å². The second kappa shape index (κ2) is 4.81. The molecule has 0 radical (unpaired) electrons. The van der Waals surface area contributed by atoms with E-state index in [0.717, 1.165) is 5.39 Å². The number of benzene rings is 2. The molecule has 2 aromatic carbocycles. The smallest absolute Gasteiger partial charge is 0.349 e. The maximum absolute atomic E-state index is 12.1. The van der Waals surface area contributed by atoms with Crippen LogP contribution in [0.1, 0.15) is 10.4 Å². The van der Waals surface area contributed by atoms with Crippen molar-refractivity contribution in [3.8, 4) is 11.5 Å². The highest BCUT2D eigenvalue weighted by Crippen LogP contribution is 2.25. The van der Waals surface area contributed by atoms with Gasteiger partial charge in [0.25, 0.3) is 0 Å². The van der Waals surface area contributed by atoms with Gasteiger partial charge in [0.05, 0.1) is 5.56 Å². The zero-order chi connectivity index (χ0) is 16.0. The van der Waals surface area contributed by atoms with Crippen molar-refractivity contribution in [2.45, 2.75) is 0 Å². The third kappa shape index (κ3) is 2.17. The third-order valence-electron chi connectivity index (χ3n) is 3.51. The Balaban J connectivity index is 1.93. The van der Waals surface area contributed by atoms with Crippen LogP contribution in [0.25, 0.3) is 33.5 Å². The minimum absolute atomic E-state index is 0.0887. The lowest BCUT2D eigenvalue weighted by Crippen LogP contribution is -2.02. The molecule has 2 aromatic heterocycles. The normalized spacial score (nSPS) is 11.1. The fraction of sp³-hybridized carbons (Fsp3) is 0. The average molecular weight is 307 g/mol. The van der Waals surface area contributed by atoms with Crippen molar-refractivity contribution in [1.29, 1.82) is 0 Å². The highest BCUT2D eigenvalue weighted by atomic mass is 16.4. The van der Waals surface area contributed by atoms with Crippen LogP contribution in [-0.4, -0.2) is 16.1 Å². The van der Waals surface area contributed by atoms with Crippen LogP contribution in [0.4, 0.5) is 0 Å². The van der Waals surface area contributed by atoms with Crippen molar-refractivity contribution in [2.75, 3.05) is 0 Å². The molecule has 4 rings (SSSR count). The summed E-state index contributed by atoms with van der Waals surface area (Å²) >= 11 is 0. The van der Waals surface area contributed by atoms with E-state index in [1.54, 1.807) is 18.2 Å². The van der Waals surface area contributed by atoms with E-state index >= 15 is 0 Å². The van der Waals surface area contributed by atoms with Gasteiger partial charge in [0.15, 0.2) is 5.58 Å². The summed E-state index contributed by atoms with van der Waals surface area (Å²) in [4.78, 5) is 27.4. The molecule has 2 heterocycles. The van der Waals surface area contributed by atoms with Crippen LogP contribution in [-0.2, 0) is 0 Å². The first kappa shape index (κ1) is 13.3. The van der Waals surface area contributed by atoms with Crippen LogP contribution < -0.4 is 5.63 Å². The van der Waals surface area contributed by atoms with Crippen molar-refractivity contribution in [3.63, 3.8) is 0 Å². The molecule has 0 fully saturated rings. The molecule has 6 nitrogen and oxygen atoms in total. The molecule has 4 aromatic rings. The number of aromatic carboxylic acids is 1. The Labute approximate surface area is 128 Å². The summed E-state index contributed by atoms with van der Waals surface area (Å²) < 4.78 is 10.8. The molecule has 112 valence electrons. The van der Waals surface area contributed by atoms with Crippen LogP contribution in [0.3, 0.4) is 0 Å². The van der Waals surface area contributed by atoms with Gasteiger partial charge in [-0.15, -0.1) is 0 Å². The van der Waals surface area contributed by atoms with Crippen LogP contribution >= 0.6 is 0 Å². The largest absolute Gasteiger partial charge is 0.478 e. The molecule has 0 bridgehead atoms. The number of fused-ring (bicyclic) bond motifs is 2. The van der Waals surface area contributed by atoms with Gasteiger partial charge in [-0.05, 0) is 30.3 Å². The molecular weight excluding hydrogens is 298 g/mol. The van der Waals surface area contributed by atoms with Crippen molar-refractivity contribution in [2.24, 2.45) is 0 Å². The predicted octanol–water partition coefficient (Wildman–Crippen LogP) is 3.30. The average Bonchev–Trinajstić information content (AvgIpc) is 2.96. The SMILES string of the molecule is O=C(O)c1ccc2nc(-c3cc4ccccc4oc3=O)oc2c1. The maximum Gasteiger partial charge on any atom is 0.349 e. The van der Waals surface area contributed by atoms with E-state index in [4.69, 9.17) is 13.9 Å². The quantitative estimate of drug-likeness (QED) is 0.571.